The Kier molecular flexibility index (Phi) is 10.5. The van der Waals surface area contributed by atoms with E-state index in [4.69, 9.17) is 34.8 Å². The molecule has 4 nitrogen and oxygen atoms in total. The molecule has 0 bridgehead atoms. The minimum Gasteiger partial charge on any atom is -0.336 e. The zero-order valence-corrected chi connectivity index (χ0v) is 21.9. The Hall–Kier alpha value is -2.50. The van der Waals surface area contributed by atoms with E-state index in [-0.39, 0.29) is 31.8 Å². The van der Waals surface area contributed by atoms with Crippen LogP contribution in [-0.4, -0.2) is 30.3 Å². The van der Waals surface area contributed by atoms with Gasteiger partial charge in [0.2, 0.25) is 5.91 Å². The molecule has 0 aliphatic rings. The number of carbonyl (C=O) groups excluding carboxylic acids is 2. The molecule has 0 heterocycles. The van der Waals surface area contributed by atoms with Crippen molar-refractivity contribution in [3.63, 3.8) is 0 Å². The Morgan fingerprint density at radius 2 is 1.55 bits per heavy atom. The summed E-state index contributed by atoms with van der Waals surface area (Å²) < 4.78 is 92.9. The molecule has 0 aliphatic heterocycles. The third-order valence-corrected chi connectivity index (χ3v) is 6.34. The summed E-state index contributed by atoms with van der Waals surface area (Å²) in [6, 6.07) is 5.24. The highest BCUT2D eigenvalue weighted by atomic mass is 35.5. The predicted molar refractivity (Wildman–Crippen MR) is 131 cm³/mol. The van der Waals surface area contributed by atoms with E-state index < -0.39 is 60.5 Å². The van der Waals surface area contributed by atoms with Gasteiger partial charge in [-0.3, -0.25) is 9.59 Å². The van der Waals surface area contributed by atoms with Crippen LogP contribution in [0.15, 0.2) is 36.4 Å². The van der Waals surface area contributed by atoms with Gasteiger partial charge in [-0.05, 0) is 55.3 Å². The third-order valence-electron chi connectivity index (χ3n) is 5.14. The summed E-state index contributed by atoms with van der Waals surface area (Å²) in [7, 11) is 0. The molecule has 14 heteroatoms. The second-order valence-corrected chi connectivity index (χ2v) is 9.43. The molecule has 208 valence electrons. The van der Waals surface area contributed by atoms with Gasteiger partial charge in [0.25, 0.3) is 5.91 Å². The first kappa shape index (κ1) is 31.7. The Morgan fingerprint density at radius 1 is 0.974 bits per heavy atom. The number of aryl methyl sites for hydroxylation is 1. The van der Waals surface area contributed by atoms with Crippen molar-refractivity contribution >= 4 is 52.4 Å². The van der Waals surface area contributed by atoms with Crippen LogP contribution in [0.5, 0.6) is 0 Å². The zero-order chi connectivity index (χ0) is 29.0. The molecule has 2 atom stereocenters. The first-order chi connectivity index (χ1) is 17.4. The van der Waals surface area contributed by atoms with Crippen molar-refractivity contribution in [3.05, 3.63) is 73.7 Å². The van der Waals surface area contributed by atoms with Crippen LogP contribution in [0.2, 0.25) is 15.1 Å². The smallest absolute Gasteiger partial charge is 0.336 e. The summed E-state index contributed by atoms with van der Waals surface area (Å²) >= 11 is 17.4. The first-order valence-corrected chi connectivity index (χ1v) is 11.9. The highest BCUT2D eigenvalue weighted by Crippen LogP contribution is 2.42. The molecule has 0 saturated heterocycles. The molecule has 0 saturated carbocycles. The lowest BCUT2D eigenvalue weighted by Gasteiger charge is -2.19. The van der Waals surface area contributed by atoms with Crippen molar-refractivity contribution in [1.82, 2.24) is 10.6 Å². The minimum atomic E-state index is -4.91. The van der Waals surface area contributed by atoms with Crippen LogP contribution in [-0.2, 0) is 4.79 Å². The molecular weight excluding hydrogens is 588 g/mol. The first-order valence-electron chi connectivity index (χ1n) is 10.8. The van der Waals surface area contributed by atoms with E-state index in [0.717, 1.165) is 30.3 Å². The fourth-order valence-electron chi connectivity index (χ4n) is 3.32. The lowest BCUT2D eigenvalue weighted by molar-refractivity contribution is -0.144. The highest BCUT2D eigenvalue weighted by Gasteiger charge is 2.40. The van der Waals surface area contributed by atoms with E-state index in [1.54, 1.807) is 0 Å². The molecule has 2 aromatic carbocycles. The second kappa shape index (κ2) is 12.6. The van der Waals surface area contributed by atoms with E-state index in [0.29, 0.717) is 6.08 Å². The van der Waals surface area contributed by atoms with E-state index in [2.05, 4.69) is 10.6 Å². The summed E-state index contributed by atoms with van der Waals surface area (Å²) in [5.74, 6) is -5.34. The summed E-state index contributed by atoms with van der Waals surface area (Å²) in [5, 5.41) is 3.91. The van der Waals surface area contributed by atoms with Gasteiger partial charge in [0, 0.05) is 17.5 Å². The summed E-state index contributed by atoms with van der Waals surface area (Å²) in [6.45, 7) is 2.72. The van der Waals surface area contributed by atoms with Gasteiger partial charge in [-0.25, -0.2) is 4.39 Å². The van der Waals surface area contributed by atoms with Gasteiger partial charge in [0.05, 0.1) is 27.7 Å². The topological polar surface area (TPSA) is 58.2 Å². The van der Waals surface area contributed by atoms with Crippen molar-refractivity contribution in [3.8, 4) is 0 Å². The number of halogens is 10. The van der Waals surface area contributed by atoms with Crippen LogP contribution >= 0.6 is 34.8 Å². The molecule has 2 amide bonds. The molecule has 2 unspecified atom stereocenters. The van der Waals surface area contributed by atoms with Crippen LogP contribution in [0.25, 0.3) is 5.83 Å². The van der Waals surface area contributed by atoms with Crippen molar-refractivity contribution in [2.45, 2.75) is 51.1 Å². The van der Waals surface area contributed by atoms with Gasteiger partial charge in [0.1, 0.15) is 11.7 Å². The number of rotatable bonds is 8. The number of hydrogen-bond acceptors (Lipinski definition) is 2. The predicted octanol–water partition coefficient (Wildman–Crippen LogP) is 8.15. The Morgan fingerprint density at radius 3 is 2.05 bits per heavy atom. The number of benzene rings is 2. The average Bonchev–Trinajstić information content (AvgIpc) is 2.77. The van der Waals surface area contributed by atoms with Gasteiger partial charge >= 0.3 is 12.4 Å². The van der Waals surface area contributed by atoms with Crippen molar-refractivity contribution in [1.29, 1.82) is 0 Å². The zero-order valence-electron chi connectivity index (χ0n) is 19.6. The number of nitrogens with one attached hydrogen (secondary N) is 2. The Labute approximate surface area is 228 Å². The largest absolute Gasteiger partial charge is 0.399 e. The van der Waals surface area contributed by atoms with E-state index in [1.165, 1.54) is 13.8 Å². The molecule has 0 aliphatic carbocycles. The minimum absolute atomic E-state index is 0.00146. The fraction of sp³-hybridized carbons (Fsp3) is 0.333. The number of alkyl halides is 6. The number of allylic oxidation sites excluding steroid dienone is 1. The molecule has 0 spiro atoms. The molecule has 38 heavy (non-hydrogen) atoms. The molecule has 0 radical (unpaired) electrons. The van der Waals surface area contributed by atoms with Crippen LogP contribution in [0.4, 0.5) is 30.7 Å². The van der Waals surface area contributed by atoms with Gasteiger partial charge in [-0.1, -0.05) is 40.9 Å². The molecule has 0 aromatic heterocycles. The molecule has 2 aromatic rings. The number of carbonyl (C=O) groups is 2. The summed E-state index contributed by atoms with van der Waals surface area (Å²) in [5.41, 5.74) is -0.513. The van der Waals surface area contributed by atoms with Crippen molar-refractivity contribution < 1.29 is 40.3 Å². The maximum atomic E-state index is 14.9. The average molecular weight is 608 g/mol. The van der Waals surface area contributed by atoms with Gasteiger partial charge < -0.3 is 10.6 Å². The second-order valence-electron chi connectivity index (χ2n) is 8.24. The van der Waals surface area contributed by atoms with Crippen molar-refractivity contribution in [2.24, 2.45) is 0 Å². The lowest BCUT2D eigenvalue weighted by Crippen LogP contribution is -2.46. The van der Waals surface area contributed by atoms with Gasteiger partial charge in [0.15, 0.2) is 0 Å². The van der Waals surface area contributed by atoms with Crippen LogP contribution in [0.1, 0.15) is 52.7 Å². The highest BCUT2D eigenvalue weighted by molar-refractivity contribution is 6.48. The molecule has 2 rings (SSSR count). The lowest BCUT2D eigenvalue weighted by atomic mass is 9.95. The standard InChI is InChI=1S/C24H20Cl3F7N2O2/c1-11-7-13(3-4-15(11)22(38)36-12(2)35-20(37)5-6-23(29,30)31)19(28)10-16(24(32,33)34)14-8-17(25)21(27)18(26)9-14/h3-4,7-10,12,16H,5-6H2,1-2H3,(H,35,37)(H,36,38)/b19-10-. The number of amides is 2. The number of hydrogen-bond donors (Lipinski definition) is 2. The molecule has 0 fully saturated rings. The van der Waals surface area contributed by atoms with E-state index >= 15 is 0 Å². The van der Waals surface area contributed by atoms with Crippen LogP contribution in [0, 0.1) is 6.92 Å². The summed E-state index contributed by atoms with van der Waals surface area (Å²) in [4.78, 5) is 24.1. The van der Waals surface area contributed by atoms with Crippen LogP contribution < -0.4 is 10.6 Å². The monoisotopic (exact) mass is 606 g/mol. The third kappa shape index (κ3) is 9.06. The van der Waals surface area contributed by atoms with Crippen molar-refractivity contribution in [2.75, 3.05) is 0 Å². The SMILES string of the molecule is Cc1cc(/C(F)=C/C(c2cc(Cl)c(Cl)c(Cl)c2)C(F)(F)F)ccc1C(=O)NC(C)NC(=O)CCC(F)(F)F. The molecular formula is C24H20Cl3F7N2O2. The van der Waals surface area contributed by atoms with Gasteiger partial charge in [-0.2, -0.15) is 26.3 Å². The quantitative estimate of drug-likeness (QED) is 0.181. The Bertz CT molecular complexity index is 1210. The maximum absolute atomic E-state index is 14.9. The van der Waals surface area contributed by atoms with E-state index in [1.807, 2.05) is 0 Å². The maximum Gasteiger partial charge on any atom is 0.399 e. The fourth-order valence-corrected chi connectivity index (χ4v) is 3.94. The summed E-state index contributed by atoms with van der Waals surface area (Å²) in [6.07, 6.45) is -12.3. The van der Waals surface area contributed by atoms with Gasteiger partial charge in [-0.15, -0.1) is 0 Å². The normalized spacial score (nSPS) is 14.2. The molecule has 2 N–H and O–H groups in total. The van der Waals surface area contributed by atoms with E-state index in [9.17, 15) is 40.3 Å². The Balaban J connectivity index is 2.21. The van der Waals surface area contributed by atoms with Crippen LogP contribution in [0.3, 0.4) is 0 Å².